The maximum atomic E-state index is 3.88. The van der Waals surface area contributed by atoms with Crippen LogP contribution in [0.5, 0.6) is 0 Å². The summed E-state index contributed by atoms with van der Waals surface area (Å²) in [7, 11) is 0. The molecule has 0 bridgehead atoms. The van der Waals surface area contributed by atoms with Crippen LogP contribution in [0, 0.1) is 11.8 Å². The van der Waals surface area contributed by atoms with Gasteiger partial charge in [-0.3, -0.25) is 0 Å². The van der Waals surface area contributed by atoms with Crippen LogP contribution in [0.4, 0.5) is 0 Å². The predicted octanol–water partition coefficient (Wildman–Crippen LogP) is 3.02. The van der Waals surface area contributed by atoms with Gasteiger partial charge in [0, 0.05) is 17.9 Å². The average Bonchev–Trinajstić information content (AvgIpc) is 2.66. The Morgan fingerprint density at radius 1 is 0.938 bits per heavy atom. The molecule has 1 spiro atoms. The van der Waals surface area contributed by atoms with Crippen LogP contribution in [-0.2, 0) is 0 Å². The molecule has 1 aliphatic heterocycles. The standard InChI is InChI=1S/C14H26N2/c1-10(2)12-13(11(3)4)16-14(9-15-12)7-5-6-8-14/h10-11,15-16H,5-9H2,1-4H3. The Morgan fingerprint density at radius 3 is 2.00 bits per heavy atom. The quantitative estimate of drug-likeness (QED) is 0.750. The Balaban J connectivity index is 2.23. The highest BCUT2D eigenvalue weighted by Gasteiger charge is 2.38. The second-order valence-electron chi connectivity index (χ2n) is 6.10. The molecule has 16 heavy (non-hydrogen) atoms. The van der Waals surface area contributed by atoms with E-state index in [1.807, 2.05) is 0 Å². The van der Waals surface area contributed by atoms with Crippen molar-refractivity contribution in [3.05, 3.63) is 11.4 Å². The van der Waals surface area contributed by atoms with Gasteiger partial charge in [-0.2, -0.15) is 0 Å². The molecule has 92 valence electrons. The van der Waals surface area contributed by atoms with Crippen LogP contribution in [0.15, 0.2) is 11.4 Å². The van der Waals surface area contributed by atoms with Crippen molar-refractivity contribution in [1.82, 2.24) is 10.6 Å². The summed E-state index contributed by atoms with van der Waals surface area (Å²) >= 11 is 0. The van der Waals surface area contributed by atoms with Crippen molar-refractivity contribution in [2.24, 2.45) is 11.8 Å². The molecule has 0 saturated heterocycles. The van der Waals surface area contributed by atoms with E-state index < -0.39 is 0 Å². The normalized spacial score (nSPS) is 24.1. The molecule has 2 aliphatic rings. The Kier molecular flexibility index (Phi) is 3.18. The molecule has 1 saturated carbocycles. The summed E-state index contributed by atoms with van der Waals surface area (Å²) in [5.74, 6) is 1.20. The van der Waals surface area contributed by atoms with Crippen molar-refractivity contribution in [2.45, 2.75) is 58.9 Å². The van der Waals surface area contributed by atoms with Gasteiger partial charge in [-0.25, -0.2) is 0 Å². The van der Waals surface area contributed by atoms with E-state index in [2.05, 4.69) is 38.3 Å². The van der Waals surface area contributed by atoms with E-state index >= 15 is 0 Å². The van der Waals surface area contributed by atoms with Crippen molar-refractivity contribution in [2.75, 3.05) is 6.54 Å². The van der Waals surface area contributed by atoms with E-state index in [1.54, 1.807) is 0 Å². The van der Waals surface area contributed by atoms with Crippen molar-refractivity contribution >= 4 is 0 Å². The fraction of sp³-hybridized carbons (Fsp3) is 0.857. The van der Waals surface area contributed by atoms with Gasteiger partial charge in [0.15, 0.2) is 0 Å². The van der Waals surface area contributed by atoms with Crippen LogP contribution < -0.4 is 10.6 Å². The van der Waals surface area contributed by atoms with E-state index in [-0.39, 0.29) is 0 Å². The first-order valence-corrected chi connectivity index (χ1v) is 6.80. The number of allylic oxidation sites excluding steroid dienone is 2. The van der Waals surface area contributed by atoms with Gasteiger partial charge >= 0.3 is 0 Å². The highest BCUT2D eigenvalue weighted by molar-refractivity contribution is 5.23. The first-order chi connectivity index (χ1) is 7.54. The smallest absolute Gasteiger partial charge is 0.0543 e. The fourth-order valence-corrected chi connectivity index (χ4v) is 3.08. The summed E-state index contributed by atoms with van der Waals surface area (Å²) in [6, 6.07) is 0. The number of rotatable bonds is 2. The average molecular weight is 222 g/mol. The third-order valence-electron chi connectivity index (χ3n) is 4.02. The lowest BCUT2D eigenvalue weighted by atomic mass is 9.89. The second-order valence-corrected chi connectivity index (χ2v) is 6.10. The molecule has 0 aromatic heterocycles. The molecule has 0 aromatic carbocycles. The minimum absolute atomic E-state index is 0.373. The Labute approximate surface area is 99.9 Å². The van der Waals surface area contributed by atoms with Crippen LogP contribution in [0.25, 0.3) is 0 Å². The summed E-state index contributed by atoms with van der Waals surface area (Å²) in [5.41, 5.74) is 3.27. The van der Waals surface area contributed by atoms with E-state index in [0.29, 0.717) is 17.4 Å². The van der Waals surface area contributed by atoms with Gasteiger partial charge in [-0.1, -0.05) is 40.5 Å². The maximum absolute atomic E-state index is 3.88. The van der Waals surface area contributed by atoms with Crippen LogP contribution in [0.1, 0.15) is 53.4 Å². The summed E-state index contributed by atoms with van der Waals surface area (Å²) in [6.07, 6.45) is 5.44. The summed E-state index contributed by atoms with van der Waals surface area (Å²) in [6.45, 7) is 10.3. The Morgan fingerprint density at radius 2 is 1.50 bits per heavy atom. The molecule has 0 amide bonds. The summed E-state index contributed by atoms with van der Waals surface area (Å²) in [4.78, 5) is 0. The third kappa shape index (κ3) is 2.07. The Hall–Kier alpha value is -0.660. The molecule has 2 N–H and O–H groups in total. The molecule has 2 heteroatoms. The van der Waals surface area contributed by atoms with Crippen LogP contribution in [-0.4, -0.2) is 12.1 Å². The maximum Gasteiger partial charge on any atom is 0.0543 e. The molecule has 1 aliphatic carbocycles. The monoisotopic (exact) mass is 222 g/mol. The van der Waals surface area contributed by atoms with Crippen LogP contribution in [0.2, 0.25) is 0 Å². The molecular weight excluding hydrogens is 196 g/mol. The summed E-state index contributed by atoms with van der Waals surface area (Å²) in [5, 5.41) is 7.58. The van der Waals surface area contributed by atoms with Crippen LogP contribution >= 0.6 is 0 Å². The van der Waals surface area contributed by atoms with E-state index in [9.17, 15) is 0 Å². The molecule has 0 radical (unpaired) electrons. The van der Waals surface area contributed by atoms with E-state index in [4.69, 9.17) is 0 Å². The fourth-order valence-electron chi connectivity index (χ4n) is 3.08. The van der Waals surface area contributed by atoms with Crippen molar-refractivity contribution < 1.29 is 0 Å². The summed E-state index contributed by atoms with van der Waals surface area (Å²) < 4.78 is 0. The van der Waals surface area contributed by atoms with Gasteiger partial charge in [-0.15, -0.1) is 0 Å². The van der Waals surface area contributed by atoms with Gasteiger partial charge in [0.2, 0.25) is 0 Å². The molecule has 1 heterocycles. The molecule has 2 rings (SSSR count). The predicted molar refractivity (Wildman–Crippen MR) is 69.0 cm³/mol. The van der Waals surface area contributed by atoms with Gasteiger partial charge < -0.3 is 10.6 Å². The lowest BCUT2D eigenvalue weighted by Gasteiger charge is -2.41. The van der Waals surface area contributed by atoms with Crippen LogP contribution in [0.3, 0.4) is 0 Å². The van der Waals surface area contributed by atoms with Gasteiger partial charge in [0.25, 0.3) is 0 Å². The largest absolute Gasteiger partial charge is 0.384 e. The molecule has 2 nitrogen and oxygen atoms in total. The number of hydrogen-bond acceptors (Lipinski definition) is 2. The molecule has 0 aromatic rings. The highest BCUT2D eigenvalue weighted by Crippen LogP contribution is 2.34. The highest BCUT2D eigenvalue weighted by atomic mass is 15.1. The second kappa shape index (κ2) is 4.31. The molecular formula is C14H26N2. The molecule has 1 fully saturated rings. The van der Waals surface area contributed by atoms with Crippen molar-refractivity contribution in [1.29, 1.82) is 0 Å². The molecule has 0 atom stereocenters. The lowest BCUT2D eigenvalue weighted by molar-refractivity contribution is 0.303. The number of hydrogen-bond donors (Lipinski definition) is 2. The van der Waals surface area contributed by atoms with Gasteiger partial charge in [0.1, 0.15) is 0 Å². The third-order valence-corrected chi connectivity index (χ3v) is 4.02. The number of nitrogens with one attached hydrogen (secondary N) is 2. The van der Waals surface area contributed by atoms with E-state index in [1.165, 1.54) is 37.1 Å². The zero-order valence-corrected chi connectivity index (χ0v) is 11.2. The first-order valence-electron chi connectivity index (χ1n) is 6.80. The van der Waals surface area contributed by atoms with Gasteiger partial charge in [0.05, 0.1) is 5.54 Å². The lowest BCUT2D eigenvalue weighted by Crippen LogP contribution is -2.55. The topological polar surface area (TPSA) is 24.1 Å². The zero-order valence-electron chi connectivity index (χ0n) is 11.2. The van der Waals surface area contributed by atoms with Crippen molar-refractivity contribution in [3.8, 4) is 0 Å². The SMILES string of the molecule is CC(C)C1=C(C(C)C)NC2(CCCC2)CN1. The van der Waals surface area contributed by atoms with E-state index in [0.717, 1.165) is 6.54 Å². The zero-order chi connectivity index (χ0) is 11.8. The molecule has 0 unspecified atom stereocenters. The van der Waals surface area contributed by atoms with Gasteiger partial charge in [-0.05, 0) is 24.7 Å². The minimum Gasteiger partial charge on any atom is -0.384 e. The Bertz CT molecular complexity index is 283. The minimum atomic E-state index is 0.373. The first kappa shape index (κ1) is 11.8. The van der Waals surface area contributed by atoms with Crippen molar-refractivity contribution in [3.63, 3.8) is 0 Å².